The molecule has 2 nitrogen and oxygen atoms in total. The number of rotatable bonds is 1. The minimum absolute atomic E-state index is 0.0567. The summed E-state index contributed by atoms with van der Waals surface area (Å²) < 4.78 is 0. The number of hydrogen-bond donors (Lipinski definition) is 1. The highest BCUT2D eigenvalue weighted by molar-refractivity contribution is 6.59. The fourth-order valence-electron chi connectivity index (χ4n) is 1.09. The first-order chi connectivity index (χ1) is 4.30. The molecule has 1 aliphatic rings. The van der Waals surface area contributed by atoms with E-state index in [-0.39, 0.29) is 11.7 Å². The molecule has 0 saturated carbocycles. The van der Waals surface area contributed by atoms with Crippen LogP contribution in [0.15, 0.2) is 0 Å². The van der Waals surface area contributed by atoms with Crippen LogP contribution >= 0.6 is 0 Å². The van der Waals surface area contributed by atoms with Gasteiger partial charge < -0.3 is 10.1 Å². The van der Waals surface area contributed by atoms with Crippen molar-refractivity contribution in [3.05, 3.63) is 0 Å². The standard InChI is InChI=1S/C6H10BNO/c7-6(9)5-3-1-2-4-8-5/h5,8H,1-4H2. The van der Waals surface area contributed by atoms with Crippen LogP contribution in [0.1, 0.15) is 19.3 Å². The third-order valence-corrected chi connectivity index (χ3v) is 1.65. The third-order valence-electron chi connectivity index (χ3n) is 1.65. The fourth-order valence-corrected chi connectivity index (χ4v) is 1.09. The maximum Gasteiger partial charge on any atom is 0.170 e. The molecule has 1 aliphatic heterocycles. The van der Waals surface area contributed by atoms with Crippen LogP contribution in [-0.4, -0.2) is 26.1 Å². The number of carbonyl (C=O) groups excluding carboxylic acids is 1. The van der Waals surface area contributed by atoms with E-state index < -0.39 is 0 Å². The Morgan fingerprint density at radius 3 is 2.67 bits per heavy atom. The Bertz CT molecular complexity index is 110. The van der Waals surface area contributed by atoms with E-state index in [0.717, 1.165) is 19.4 Å². The average Bonchev–Trinajstić information content (AvgIpc) is 1.90. The topological polar surface area (TPSA) is 29.1 Å². The van der Waals surface area contributed by atoms with Crippen molar-refractivity contribution >= 4 is 13.5 Å². The molecular formula is C6H10BNO. The van der Waals surface area contributed by atoms with Gasteiger partial charge in [-0.05, 0) is 19.4 Å². The van der Waals surface area contributed by atoms with Crippen molar-refractivity contribution in [1.82, 2.24) is 5.32 Å². The zero-order valence-corrected chi connectivity index (χ0v) is 5.39. The quantitative estimate of drug-likeness (QED) is 0.490. The molecule has 1 N–H and O–H groups in total. The lowest BCUT2D eigenvalue weighted by molar-refractivity contribution is -0.114. The van der Waals surface area contributed by atoms with Crippen molar-refractivity contribution in [2.24, 2.45) is 0 Å². The second-order valence-electron chi connectivity index (χ2n) is 2.40. The van der Waals surface area contributed by atoms with Crippen molar-refractivity contribution in [1.29, 1.82) is 0 Å². The zero-order valence-electron chi connectivity index (χ0n) is 5.39. The lowest BCUT2D eigenvalue weighted by Crippen LogP contribution is -2.40. The van der Waals surface area contributed by atoms with Crippen LogP contribution in [-0.2, 0) is 4.79 Å². The highest BCUT2D eigenvalue weighted by Gasteiger charge is 2.14. The summed E-state index contributed by atoms with van der Waals surface area (Å²) >= 11 is 0. The maximum atomic E-state index is 10.5. The van der Waals surface area contributed by atoms with E-state index in [1.54, 1.807) is 0 Å². The van der Waals surface area contributed by atoms with Crippen LogP contribution in [0.3, 0.4) is 0 Å². The Morgan fingerprint density at radius 1 is 1.56 bits per heavy atom. The van der Waals surface area contributed by atoms with Gasteiger partial charge in [0.25, 0.3) is 0 Å². The van der Waals surface area contributed by atoms with Crippen molar-refractivity contribution in [2.45, 2.75) is 25.3 Å². The SMILES string of the molecule is [B]C(=O)C1CCCCN1. The van der Waals surface area contributed by atoms with Crippen molar-refractivity contribution in [3.8, 4) is 0 Å². The summed E-state index contributed by atoms with van der Waals surface area (Å²) in [5.74, 6) is 0. The van der Waals surface area contributed by atoms with Gasteiger partial charge in [-0.25, -0.2) is 0 Å². The van der Waals surface area contributed by atoms with E-state index >= 15 is 0 Å². The Hall–Kier alpha value is -0.305. The molecule has 9 heavy (non-hydrogen) atoms. The van der Waals surface area contributed by atoms with Crippen LogP contribution in [0.4, 0.5) is 0 Å². The molecule has 0 spiro atoms. The summed E-state index contributed by atoms with van der Waals surface area (Å²) in [6.45, 7) is 0.938. The van der Waals surface area contributed by atoms with Gasteiger partial charge in [-0.3, -0.25) is 0 Å². The average molecular weight is 123 g/mol. The van der Waals surface area contributed by atoms with Gasteiger partial charge in [0.15, 0.2) is 7.85 Å². The summed E-state index contributed by atoms with van der Waals surface area (Å²) in [6, 6.07) is -0.0567. The van der Waals surface area contributed by atoms with E-state index in [0.29, 0.717) is 0 Å². The summed E-state index contributed by atoms with van der Waals surface area (Å²) in [5.41, 5.74) is -0.213. The minimum Gasteiger partial charge on any atom is -0.311 e. The number of carbonyl (C=O) groups is 1. The smallest absolute Gasteiger partial charge is 0.170 e. The number of nitrogens with one attached hydrogen (secondary N) is 1. The van der Waals surface area contributed by atoms with Gasteiger partial charge in [-0.15, -0.1) is 0 Å². The minimum atomic E-state index is -0.213. The summed E-state index contributed by atoms with van der Waals surface area (Å²) in [7, 11) is 5.07. The van der Waals surface area contributed by atoms with Gasteiger partial charge in [0.05, 0.1) is 11.7 Å². The van der Waals surface area contributed by atoms with E-state index in [4.69, 9.17) is 7.85 Å². The predicted octanol–water partition coefficient (Wildman–Crippen LogP) is -0.176. The second-order valence-corrected chi connectivity index (χ2v) is 2.40. The molecule has 1 atom stereocenters. The van der Waals surface area contributed by atoms with E-state index in [2.05, 4.69) is 5.32 Å². The molecule has 0 bridgehead atoms. The van der Waals surface area contributed by atoms with Gasteiger partial charge in [0, 0.05) is 0 Å². The molecular weight excluding hydrogens is 113 g/mol. The molecule has 1 rings (SSSR count). The Labute approximate surface area is 56.4 Å². The van der Waals surface area contributed by atoms with E-state index in [1.807, 2.05) is 0 Å². The molecule has 1 saturated heterocycles. The Morgan fingerprint density at radius 2 is 2.33 bits per heavy atom. The van der Waals surface area contributed by atoms with Crippen molar-refractivity contribution < 1.29 is 4.79 Å². The van der Waals surface area contributed by atoms with Crippen molar-refractivity contribution in [3.63, 3.8) is 0 Å². The lowest BCUT2D eigenvalue weighted by Gasteiger charge is -2.20. The predicted molar refractivity (Wildman–Crippen MR) is 36.4 cm³/mol. The van der Waals surface area contributed by atoms with Gasteiger partial charge in [-0.2, -0.15) is 0 Å². The molecule has 0 amide bonds. The lowest BCUT2D eigenvalue weighted by atomic mass is 9.89. The van der Waals surface area contributed by atoms with Crippen LogP contribution in [0.25, 0.3) is 0 Å². The highest BCUT2D eigenvalue weighted by Crippen LogP contribution is 2.05. The first-order valence-electron chi connectivity index (χ1n) is 3.33. The molecule has 0 aliphatic carbocycles. The maximum absolute atomic E-state index is 10.5. The summed E-state index contributed by atoms with van der Waals surface area (Å²) in [5, 5.41) is 3.04. The van der Waals surface area contributed by atoms with Crippen molar-refractivity contribution in [2.75, 3.05) is 6.54 Å². The Balaban J connectivity index is 2.31. The number of piperidine rings is 1. The monoisotopic (exact) mass is 123 g/mol. The molecule has 0 aromatic carbocycles. The van der Waals surface area contributed by atoms with Gasteiger partial charge in [0.2, 0.25) is 0 Å². The van der Waals surface area contributed by atoms with Gasteiger partial charge in [0.1, 0.15) is 0 Å². The molecule has 1 unspecified atom stereocenters. The van der Waals surface area contributed by atoms with Crippen LogP contribution < -0.4 is 5.32 Å². The first-order valence-corrected chi connectivity index (χ1v) is 3.33. The van der Waals surface area contributed by atoms with Gasteiger partial charge in [-0.1, -0.05) is 6.42 Å². The molecule has 48 valence electrons. The molecule has 0 aromatic heterocycles. The molecule has 1 fully saturated rings. The normalized spacial score (nSPS) is 27.8. The molecule has 2 radical (unpaired) electrons. The highest BCUT2D eigenvalue weighted by atomic mass is 16.1. The molecule has 3 heteroatoms. The molecule has 1 heterocycles. The second kappa shape index (κ2) is 3.02. The van der Waals surface area contributed by atoms with E-state index in [9.17, 15) is 4.79 Å². The first kappa shape index (κ1) is 6.81. The van der Waals surface area contributed by atoms with Crippen LogP contribution in [0, 0.1) is 0 Å². The van der Waals surface area contributed by atoms with Crippen LogP contribution in [0.2, 0.25) is 0 Å². The summed E-state index contributed by atoms with van der Waals surface area (Å²) in [4.78, 5) is 10.5. The summed E-state index contributed by atoms with van der Waals surface area (Å²) in [6.07, 6.45) is 3.21. The van der Waals surface area contributed by atoms with Gasteiger partial charge >= 0.3 is 0 Å². The third kappa shape index (κ3) is 1.82. The molecule has 0 aromatic rings. The number of hydrogen-bond acceptors (Lipinski definition) is 2. The Kier molecular flexibility index (Phi) is 2.28. The fraction of sp³-hybridized carbons (Fsp3) is 0.833. The van der Waals surface area contributed by atoms with E-state index in [1.165, 1.54) is 6.42 Å². The van der Waals surface area contributed by atoms with Crippen LogP contribution in [0.5, 0.6) is 0 Å². The largest absolute Gasteiger partial charge is 0.311 e. The zero-order chi connectivity index (χ0) is 6.69.